The number of nitrogens with one attached hydrogen (secondary N) is 2. The quantitative estimate of drug-likeness (QED) is 0.550. The third-order valence-electron chi connectivity index (χ3n) is 4.50. The lowest BCUT2D eigenvalue weighted by atomic mass is 10.1. The van der Waals surface area contributed by atoms with E-state index in [9.17, 15) is 0 Å². The molecule has 0 saturated carbocycles. The zero-order chi connectivity index (χ0) is 19.9. The lowest BCUT2D eigenvalue weighted by molar-refractivity contribution is 0.405. The Balaban J connectivity index is 1.87. The van der Waals surface area contributed by atoms with Gasteiger partial charge in [0.2, 0.25) is 0 Å². The lowest BCUT2D eigenvalue weighted by Gasteiger charge is -2.14. The Hall–Kier alpha value is -2.92. The molecule has 0 radical (unpaired) electrons. The third-order valence-corrected chi connectivity index (χ3v) is 4.50. The van der Waals surface area contributed by atoms with Gasteiger partial charge in [-0.05, 0) is 58.1 Å². The second-order valence-corrected chi connectivity index (χ2v) is 7.36. The summed E-state index contributed by atoms with van der Waals surface area (Å²) in [6.45, 7) is 6.10. The summed E-state index contributed by atoms with van der Waals surface area (Å²) < 4.78 is 0. The summed E-state index contributed by atoms with van der Waals surface area (Å²) in [6.07, 6.45) is 1.05. The number of anilines is 3. The van der Waals surface area contributed by atoms with Crippen LogP contribution in [0, 0.1) is 13.8 Å². The van der Waals surface area contributed by atoms with Crippen molar-refractivity contribution in [3.05, 3.63) is 65.7 Å². The molecule has 1 heterocycles. The summed E-state index contributed by atoms with van der Waals surface area (Å²) in [5.74, 6) is 2.34. The molecule has 3 rings (SSSR count). The molecule has 2 N–H and O–H groups in total. The summed E-state index contributed by atoms with van der Waals surface area (Å²) in [4.78, 5) is 11.7. The highest BCUT2D eigenvalue weighted by atomic mass is 15.1. The molecule has 2 aromatic carbocycles. The molecule has 0 fully saturated rings. The van der Waals surface area contributed by atoms with Crippen LogP contribution in [0.3, 0.4) is 0 Å². The molecule has 5 heteroatoms. The summed E-state index contributed by atoms with van der Waals surface area (Å²) in [6, 6.07) is 18.4. The van der Waals surface area contributed by atoms with E-state index in [1.807, 2.05) is 36.4 Å². The van der Waals surface area contributed by atoms with Gasteiger partial charge in [-0.1, -0.05) is 42.5 Å². The van der Waals surface area contributed by atoms with Crippen LogP contribution in [0.25, 0.3) is 11.4 Å². The Labute approximate surface area is 167 Å². The number of aryl methyl sites for hydroxylation is 2. The van der Waals surface area contributed by atoms with Crippen LogP contribution in [0.5, 0.6) is 0 Å². The molecule has 0 aliphatic rings. The van der Waals surface area contributed by atoms with Crippen LogP contribution in [-0.2, 0) is 0 Å². The number of hydrogen-bond acceptors (Lipinski definition) is 5. The van der Waals surface area contributed by atoms with Gasteiger partial charge in [0.25, 0.3) is 0 Å². The Kier molecular flexibility index (Phi) is 6.61. The largest absolute Gasteiger partial charge is 0.370 e. The lowest BCUT2D eigenvalue weighted by Crippen LogP contribution is -2.16. The molecule has 5 nitrogen and oxygen atoms in total. The van der Waals surface area contributed by atoms with Crippen LogP contribution in [-0.4, -0.2) is 42.1 Å². The molecule has 146 valence electrons. The van der Waals surface area contributed by atoms with E-state index in [1.165, 1.54) is 11.1 Å². The normalized spacial score (nSPS) is 10.9. The van der Waals surface area contributed by atoms with Gasteiger partial charge in [-0.3, -0.25) is 0 Å². The minimum Gasteiger partial charge on any atom is -0.370 e. The van der Waals surface area contributed by atoms with Crippen LogP contribution >= 0.6 is 0 Å². The SMILES string of the molecule is Cc1ccc(C)c(Nc2cc(NCCCN(C)C)nc(-c3ccccc3)n2)c1. The standard InChI is InChI=1S/C23H29N5/c1-17-11-12-18(2)20(15-17)25-22-16-21(24-13-8-14-28(3)4)26-23(27-22)19-9-6-5-7-10-19/h5-7,9-12,15-16H,8,13-14H2,1-4H3,(H2,24,25,26,27). The van der Waals surface area contributed by atoms with Crippen LogP contribution in [0.1, 0.15) is 17.5 Å². The first-order chi connectivity index (χ1) is 13.5. The van der Waals surface area contributed by atoms with Crippen LogP contribution in [0.15, 0.2) is 54.6 Å². The summed E-state index contributed by atoms with van der Waals surface area (Å²) in [5.41, 5.74) is 4.47. The van der Waals surface area contributed by atoms with E-state index in [0.29, 0.717) is 5.82 Å². The van der Waals surface area contributed by atoms with Crippen LogP contribution < -0.4 is 10.6 Å². The van der Waals surface area contributed by atoms with Gasteiger partial charge in [-0.25, -0.2) is 9.97 Å². The first kappa shape index (κ1) is 19.8. The van der Waals surface area contributed by atoms with Gasteiger partial charge in [0.05, 0.1) is 0 Å². The second-order valence-electron chi connectivity index (χ2n) is 7.36. The van der Waals surface area contributed by atoms with Crippen molar-refractivity contribution < 1.29 is 0 Å². The average molecular weight is 376 g/mol. The molecule has 28 heavy (non-hydrogen) atoms. The van der Waals surface area contributed by atoms with Crippen molar-refractivity contribution in [2.75, 3.05) is 37.8 Å². The molecular formula is C23H29N5. The Morgan fingerprint density at radius 3 is 2.39 bits per heavy atom. The van der Waals surface area contributed by atoms with E-state index in [4.69, 9.17) is 9.97 Å². The molecule has 0 aliphatic heterocycles. The van der Waals surface area contributed by atoms with E-state index in [-0.39, 0.29) is 0 Å². The molecule has 1 aromatic heterocycles. The van der Waals surface area contributed by atoms with Crippen LogP contribution in [0.2, 0.25) is 0 Å². The van der Waals surface area contributed by atoms with E-state index >= 15 is 0 Å². The van der Waals surface area contributed by atoms with E-state index in [2.05, 4.69) is 61.7 Å². The number of aromatic nitrogens is 2. The molecule has 0 amide bonds. The van der Waals surface area contributed by atoms with Gasteiger partial charge in [0.1, 0.15) is 11.6 Å². The summed E-state index contributed by atoms with van der Waals surface area (Å²) in [7, 11) is 4.18. The molecule has 0 unspecified atom stereocenters. The zero-order valence-electron chi connectivity index (χ0n) is 17.2. The van der Waals surface area contributed by atoms with Crippen molar-refractivity contribution in [2.24, 2.45) is 0 Å². The third kappa shape index (κ3) is 5.54. The molecule has 0 bridgehead atoms. The first-order valence-corrected chi connectivity index (χ1v) is 9.68. The van der Waals surface area contributed by atoms with Crippen molar-refractivity contribution in [3.63, 3.8) is 0 Å². The highest BCUT2D eigenvalue weighted by molar-refractivity contribution is 5.67. The van der Waals surface area contributed by atoms with E-state index in [1.54, 1.807) is 0 Å². The van der Waals surface area contributed by atoms with E-state index < -0.39 is 0 Å². The molecular weight excluding hydrogens is 346 g/mol. The maximum absolute atomic E-state index is 4.76. The van der Waals surface area contributed by atoms with Crippen molar-refractivity contribution >= 4 is 17.3 Å². The predicted molar refractivity (Wildman–Crippen MR) is 118 cm³/mol. The van der Waals surface area contributed by atoms with Crippen molar-refractivity contribution in [1.82, 2.24) is 14.9 Å². The minimum absolute atomic E-state index is 0.714. The Bertz CT molecular complexity index is 906. The molecule has 0 aliphatic carbocycles. The fourth-order valence-corrected chi connectivity index (χ4v) is 2.94. The second kappa shape index (κ2) is 9.33. The highest BCUT2D eigenvalue weighted by Gasteiger charge is 2.08. The number of rotatable bonds is 8. The molecule has 3 aromatic rings. The number of benzene rings is 2. The fraction of sp³-hybridized carbons (Fsp3) is 0.304. The summed E-state index contributed by atoms with van der Waals surface area (Å²) in [5, 5.41) is 6.92. The maximum Gasteiger partial charge on any atom is 0.163 e. The van der Waals surface area contributed by atoms with Crippen molar-refractivity contribution in [1.29, 1.82) is 0 Å². The average Bonchev–Trinajstić information content (AvgIpc) is 2.68. The van der Waals surface area contributed by atoms with Gasteiger partial charge in [-0.2, -0.15) is 0 Å². The maximum atomic E-state index is 4.76. The molecule has 0 saturated heterocycles. The topological polar surface area (TPSA) is 53.1 Å². The zero-order valence-corrected chi connectivity index (χ0v) is 17.2. The summed E-state index contributed by atoms with van der Waals surface area (Å²) >= 11 is 0. The van der Waals surface area contributed by atoms with Gasteiger partial charge in [-0.15, -0.1) is 0 Å². The minimum atomic E-state index is 0.714. The van der Waals surface area contributed by atoms with E-state index in [0.717, 1.165) is 42.4 Å². The van der Waals surface area contributed by atoms with Crippen LogP contribution in [0.4, 0.5) is 17.3 Å². The van der Waals surface area contributed by atoms with Crippen molar-refractivity contribution in [2.45, 2.75) is 20.3 Å². The molecule has 0 spiro atoms. The smallest absolute Gasteiger partial charge is 0.163 e. The van der Waals surface area contributed by atoms with Crippen molar-refractivity contribution in [3.8, 4) is 11.4 Å². The van der Waals surface area contributed by atoms with Gasteiger partial charge in [0, 0.05) is 23.9 Å². The molecule has 0 atom stereocenters. The fourth-order valence-electron chi connectivity index (χ4n) is 2.94. The number of nitrogens with zero attached hydrogens (tertiary/aromatic N) is 3. The van der Waals surface area contributed by atoms with Gasteiger partial charge >= 0.3 is 0 Å². The number of hydrogen-bond donors (Lipinski definition) is 2. The monoisotopic (exact) mass is 375 g/mol. The van der Waals surface area contributed by atoms with Gasteiger partial charge in [0.15, 0.2) is 5.82 Å². The Morgan fingerprint density at radius 1 is 0.893 bits per heavy atom. The first-order valence-electron chi connectivity index (χ1n) is 9.68. The predicted octanol–water partition coefficient (Wildman–Crippen LogP) is 4.87. The highest BCUT2D eigenvalue weighted by Crippen LogP contribution is 2.25. The Morgan fingerprint density at radius 2 is 1.64 bits per heavy atom. The van der Waals surface area contributed by atoms with Gasteiger partial charge < -0.3 is 15.5 Å².